The average Bonchev–Trinajstić information content (AvgIpc) is 2.16. The normalized spacial score (nSPS) is 40.8. The molecule has 1 aliphatic carbocycles. The quantitative estimate of drug-likeness (QED) is 0.552. The van der Waals surface area contributed by atoms with Crippen LogP contribution in [0.25, 0.3) is 0 Å². The van der Waals surface area contributed by atoms with Crippen molar-refractivity contribution in [1.82, 2.24) is 10.6 Å². The molecule has 2 fully saturated rings. The molecule has 3 nitrogen and oxygen atoms in total. The van der Waals surface area contributed by atoms with E-state index >= 15 is 0 Å². The summed E-state index contributed by atoms with van der Waals surface area (Å²) in [6, 6.07) is 0.643. The summed E-state index contributed by atoms with van der Waals surface area (Å²) in [7, 11) is 2.00. The fourth-order valence-electron chi connectivity index (χ4n) is 2.27. The number of hydrogen-bond donors (Lipinski definition) is 2. The van der Waals surface area contributed by atoms with Crippen molar-refractivity contribution in [3.8, 4) is 0 Å². The lowest BCUT2D eigenvalue weighted by Crippen LogP contribution is -2.61. The molecular weight excluding hydrogens is 152 g/mol. The van der Waals surface area contributed by atoms with Crippen LogP contribution in [0.3, 0.4) is 0 Å². The van der Waals surface area contributed by atoms with Gasteiger partial charge >= 0.3 is 0 Å². The standard InChI is InChI=1S/C9H16N2O/c1-10-7-2-4-9(5-3-7)6-11-8(9)12/h7,10H,2-6H2,1H3,(H,11,12). The third kappa shape index (κ3) is 1.04. The highest BCUT2D eigenvalue weighted by molar-refractivity contribution is 5.88. The van der Waals surface area contributed by atoms with E-state index in [2.05, 4.69) is 10.6 Å². The summed E-state index contributed by atoms with van der Waals surface area (Å²) in [4.78, 5) is 11.3. The SMILES string of the molecule is CNC1CCC2(CC1)CNC2=O. The molecule has 0 bridgehead atoms. The molecule has 1 amide bonds. The molecule has 0 atom stereocenters. The summed E-state index contributed by atoms with van der Waals surface area (Å²) < 4.78 is 0. The van der Waals surface area contributed by atoms with E-state index in [0.29, 0.717) is 6.04 Å². The number of rotatable bonds is 1. The van der Waals surface area contributed by atoms with Gasteiger partial charge in [-0.3, -0.25) is 4.79 Å². The number of amides is 1. The molecule has 0 aromatic rings. The Morgan fingerprint density at radius 2 is 2.17 bits per heavy atom. The Morgan fingerprint density at radius 3 is 2.50 bits per heavy atom. The zero-order chi connectivity index (χ0) is 8.60. The molecule has 0 aromatic carbocycles. The van der Waals surface area contributed by atoms with Gasteiger partial charge in [0, 0.05) is 12.6 Å². The van der Waals surface area contributed by atoms with Gasteiger partial charge in [-0.2, -0.15) is 0 Å². The second-order valence-corrected chi connectivity index (χ2v) is 4.03. The van der Waals surface area contributed by atoms with Crippen LogP contribution >= 0.6 is 0 Å². The number of nitrogens with one attached hydrogen (secondary N) is 2. The first-order valence-corrected chi connectivity index (χ1v) is 4.72. The molecular formula is C9H16N2O. The minimum Gasteiger partial charge on any atom is -0.354 e. The van der Waals surface area contributed by atoms with Crippen molar-refractivity contribution in [3.05, 3.63) is 0 Å². The third-order valence-electron chi connectivity index (χ3n) is 3.42. The summed E-state index contributed by atoms with van der Waals surface area (Å²) in [5.74, 6) is 0.289. The molecule has 1 spiro atoms. The van der Waals surface area contributed by atoms with Crippen LogP contribution in [0.2, 0.25) is 0 Å². The molecule has 2 aliphatic rings. The van der Waals surface area contributed by atoms with E-state index in [9.17, 15) is 4.79 Å². The minimum absolute atomic E-state index is 0.0490. The van der Waals surface area contributed by atoms with Gasteiger partial charge < -0.3 is 10.6 Å². The van der Waals surface area contributed by atoms with Crippen molar-refractivity contribution < 1.29 is 4.79 Å². The van der Waals surface area contributed by atoms with Crippen molar-refractivity contribution >= 4 is 5.91 Å². The van der Waals surface area contributed by atoms with Gasteiger partial charge in [0.15, 0.2) is 0 Å². The maximum Gasteiger partial charge on any atom is 0.228 e. The van der Waals surface area contributed by atoms with Gasteiger partial charge in [-0.1, -0.05) is 0 Å². The molecule has 1 heterocycles. The van der Waals surface area contributed by atoms with Crippen LogP contribution in [-0.2, 0) is 4.79 Å². The molecule has 2 N–H and O–H groups in total. The number of β-lactam (4-membered cyclic amide) rings is 1. The van der Waals surface area contributed by atoms with Crippen LogP contribution in [-0.4, -0.2) is 25.5 Å². The van der Waals surface area contributed by atoms with E-state index in [1.807, 2.05) is 7.05 Å². The lowest BCUT2D eigenvalue weighted by atomic mass is 9.68. The van der Waals surface area contributed by atoms with Crippen LogP contribution in [0.5, 0.6) is 0 Å². The minimum atomic E-state index is 0.0490. The summed E-state index contributed by atoms with van der Waals surface area (Å²) in [5, 5.41) is 6.12. The Bertz CT molecular complexity index is 195. The van der Waals surface area contributed by atoms with Crippen molar-refractivity contribution in [2.45, 2.75) is 31.7 Å². The van der Waals surface area contributed by atoms with E-state index in [1.54, 1.807) is 0 Å². The molecule has 3 heteroatoms. The van der Waals surface area contributed by atoms with Gasteiger partial charge in [0.1, 0.15) is 0 Å². The highest BCUT2D eigenvalue weighted by Crippen LogP contribution is 2.40. The first kappa shape index (κ1) is 8.05. The van der Waals surface area contributed by atoms with E-state index in [-0.39, 0.29) is 11.3 Å². The summed E-state index contributed by atoms with van der Waals surface area (Å²) in [6.45, 7) is 0.919. The summed E-state index contributed by atoms with van der Waals surface area (Å²) >= 11 is 0. The first-order chi connectivity index (χ1) is 5.77. The van der Waals surface area contributed by atoms with E-state index < -0.39 is 0 Å². The first-order valence-electron chi connectivity index (χ1n) is 4.72. The maximum atomic E-state index is 11.3. The second kappa shape index (κ2) is 2.73. The van der Waals surface area contributed by atoms with Crippen molar-refractivity contribution in [2.24, 2.45) is 5.41 Å². The molecule has 68 valence electrons. The van der Waals surface area contributed by atoms with Gasteiger partial charge in [0.25, 0.3) is 0 Å². The van der Waals surface area contributed by atoms with E-state index in [4.69, 9.17) is 0 Å². The molecule has 12 heavy (non-hydrogen) atoms. The fraction of sp³-hybridized carbons (Fsp3) is 0.889. The van der Waals surface area contributed by atoms with Crippen molar-refractivity contribution in [3.63, 3.8) is 0 Å². The Labute approximate surface area is 72.9 Å². The highest BCUT2D eigenvalue weighted by atomic mass is 16.2. The van der Waals surface area contributed by atoms with Gasteiger partial charge in [0.2, 0.25) is 5.91 Å². The molecule has 1 aliphatic heterocycles. The molecule has 2 rings (SSSR count). The zero-order valence-electron chi connectivity index (χ0n) is 7.52. The van der Waals surface area contributed by atoms with E-state index in [0.717, 1.165) is 32.2 Å². The predicted octanol–water partition coefficient (Wildman–Crippen LogP) is 0.265. The molecule has 1 saturated heterocycles. The Morgan fingerprint density at radius 1 is 1.50 bits per heavy atom. The van der Waals surface area contributed by atoms with Gasteiger partial charge in [-0.15, -0.1) is 0 Å². The molecule has 1 saturated carbocycles. The smallest absolute Gasteiger partial charge is 0.228 e. The maximum absolute atomic E-state index is 11.3. The lowest BCUT2D eigenvalue weighted by molar-refractivity contribution is -0.142. The predicted molar refractivity (Wildman–Crippen MR) is 46.8 cm³/mol. The Balaban J connectivity index is 1.93. The Hall–Kier alpha value is -0.570. The number of hydrogen-bond acceptors (Lipinski definition) is 2. The van der Waals surface area contributed by atoms with Crippen LogP contribution in [0.4, 0.5) is 0 Å². The van der Waals surface area contributed by atoms with Crippen molar-refractivity contribution in [1.29, 1.82) is 0 Å². The topological polar surface area (TPSA) is 41.1 Å². The largest absolute Gasteiger partial charge is 0.354 e. The van der Waals surface area contributed by atoms with Crippen LogP contribution in [0.15, 0.2) is 0 Å². The molecule has 0 radical (unpaired) electrons. The summed E-state index contributed by atoms with van der Waals surface area (Å²) in [5.41, 5.74) is 0.0490. The molecule has 0 aromatic heterocycles. The second-order valence-electron chi connectivity index (χ2n) is 4.03. The summed E-state index contributed by atoms with van der Waals surface area (Å²) in [6.07, 6.45) is 4.46. The van der Waals surface area contributed by atoms with Crippen LogP contribution < -0.4 is 10.6 Å². The zero-order valence-corrected chi connectivity index (χ0v) is 7.52. The number of carbonyl (C=O) groups is 1. The molecule has 0 unspecified atom stereocenters. The number of carbonyl (C=O) groups excluding carboxylic acids is 1. The fourth-order valence-corrected chi connectivity index (χ4v) is 2.27. The highest BCUT2D eigenvalue weighted by Gasteiger charge is 2.47. The van der Waals surface area contributed by atoms with Gasteiger partial charge in [-0.05, 0) is 32.7 Å². The Kier molecular flexibility index (Phi) is 1.83. The monoisotopic (exact) mass is 168 g/mol. The van der Waals surface area contributed by atoms with Crippen LogP contribution in [0, 0.1) is 5.41 Å². The average molecular weight is 168 g/mol. The third-order valence-corrected chi connectivity index (χ3v) is 3.42. The van der Waals surface area contributed by atoms with Gasteiger partial charge in [0.05, 0.1) is 5.41 Å². The van der Waals surface area contributed by atoms with Gasteiger partial charge in [-0.25, -0.2) is 0 Å². The van der Waals surface area contributed by atoms with Crippen molar-refractivity contribution in [2.75, 3.05) is 13.6 Å². The van der Waals surface area contributed by atoms with Crippen LogP contribution in [0.1, 0.15) is 25.7 Å². The van der Waals surface area contributed by atoms with E-state index in [1.165, 1.54) is 0 Å². The lowest BCUT2D eigenvalue weighted by Gasteiger charge is -2.45.